The van der Waals surface area contributed by atoms with Crippen molar-refractivity contribution in [3.63, 3.8) is 0 Å². The number of benzene rings is 1. The third-order valence-corrected chi connectivity index (χ3v) is 3.76. The molecule has 0 aliphatic heterocycles. The lowest BCUT2D eigenvalue weighted by atomic mass is 10.1. The number of carbonyl (C=O) groups excluding carboxylic acids is 1. The predicted octanol–water partition coefficient (Wildman–Crippen LogP) is 3.15. The van der Waals surface area contributed by atoms with Crippen LogP contribution in [0.15, 0.2) is 34.9 Å². The summed E-state index contributed by atoms with van der Waals surface area (Å²) in [5, 5.41) is 12.0. The molecule has 1 unspecified atom stereocenters. The van der Waals surface area contributed by atoms with E-state index in [0.717, 1.165) is 5.56 Å². The molecule has 0 aliphatic carbocycles. The monoisotopic (exact) mass is 350 g/mol. The molecule has 1 amide bonds. The van der Waals surface area contributed by atoms with E-state index in [1.807, 2.05) is 18.2 Å². The third kappa shape index (κ3) is 5.38. The highest BCUT2D eigenvalue weighted by molar-refractivity contribution is 6.33. The number of nitrogens with one attached hydrogen (secondary N) is 1. The Balaban J connectivity index is 1.82. The predicted molar refractivity (Wildman–Crippen MR) is 89.7 cm³/mol. The molecule has 1 atom stereocenters. The van der Waals surface area contributed by atoms with Crippen LogP contribution < -0.4 is 5.32 Å². The van der Waals surface area contributed by atoms with Crippen molar-refractivity contribution < 1.29 is 19.1 Å². The molecule has 2 N–H and O–H groups in total. The number of aryl methyl sites for hydroxylation is 1. The molecule has 2 aromatic rings. The molecule has 0 aliphatic rings. The number of amides is 1. The summed E-state index contributed by atoms with van der Waals surface area (Å²) in [4.78, 5) is 26.5. The Hall–Kier alpha value is -2.34. The Labute approximate surface area is 144 Å². The van der Waals surface area contributed by atoms with Crippen LogP contribution in [0.3, 0.4) is 0 Å². The topological polar surface area (TPSA) is 92.4 Å². The normalized spacial score (nSPS) is 11.9. The number of carboxylic acids is 1. The van der Waals surface area contributed by atoms with Crippen molar-refractivity contribution in [2.75, 3.05) is 6.54 Å². The highest BCUT2D eigenvalue weighted by atomic mass is 35.5. The van der Waals surface area contributed by atoms with Gasteiger partial charge in [-0.05, 0) is 18.1 Å². The van der Waals surface area contributed by atoms with E-state index in [2.05, 4.69) is 10.3 Å². The summed E-state index contributed by atoms with van der Waals surface area (Å²) in [6.07, 6.45) is 2.20. The maximum absolute atomic E-state index is 11.8. The van der Waals surface area contributed by atoms with Crippen LogP contribution in [0, 0.1) is 5.92 Å². The maximum Gasteiger partial charge on any atom is 0.303 e. The Morgan fingerprint density at radius 3 is 2.83 bits per heavy atom. The summed E-state index contributed by atoms with van der Waals surface area (Å²) in [6, 6.07) is 7.29. The van der Waals surface area contributed by atoms with Gasteiger partial charge in [0.2, 0.25) is 5.91 Å². The molecular weight excluding hydrogens is 332 g/mol. The fourth-order valence-corrected chi connectivity index (χ4v) is 2.41. The lowest BCUT2D eigenvalue weighted by molar-refractivity contribution is -0.138. The van der Waals surface area contributed by atoms with Gasteiger partial charge in [-0.15, -0.1) is 0 Å². The Kier molecular flexibility index (Phi) is 6.37. The van der Waals surface area contributed by atoms with Gasteiger partial charge in [0.1, 0.15) is 0 Å². The van der Waals surface area contributed by atoms with Crippen LogP contribution in [0.25, 0.3) is 11.3 Å². The second-order valence-corrected chi connectivity index (χ2v) is 6.01. The molecule has 0 bridgehead atoms. The van der Waals surface area contributed by atoms with Crippen LogP contribution in [-0.2, 0) is 16.0 Å². The molecule has 1 aromatic carbocycles. The summed E-state index contributed by atoms with van der Waals surface area (Å²) in [6.45, 7) is 2.11. The highest BCUT2D eigenvalue weighted by Gasteiger charge is 2.12. The first-order valence-electron chi connectivity index (χ1n) is 7.63. The third-order valence-electron chi connectivity index (χ3n) is 3.43. The molecular formula is C17H19ClN2O4. The number of nitrogens with zero attached hydrogens (tertiary/aromatic N) is 1. The van der Waals surface area contributed by atoms with Gasteiger partial charge >= 0.3 is 5.97 Å². The van der Waals surface area contributed by atoms with E-state index in [-0.39, 0.29) is 24.7 Å². The van der Waals surface area contributed by atoms with E-state index in [0.29, 0.717) is 29.6 Å². The lowest BCUT2D eigenvalue weighted by Crippen LogP contribution is -2.29. The largest absolute Gasteiger partial charge is 0.481 e. The zero-order valence-electron chi connectivity index (χ0n) is 13.3. The van der Waals surface area contributed by atoms with E-state index < -0.39 is 5.97 Å². The minimum Gasteiger partial charge on any atom is -0.481 e. The van der Waals surface area contributed by atoms with Crippen LogP contribution in [0.4, 0.5) is 0 Å². The fraction of sp³-hybridized carbons (Fsp3) is 0.353. The maximum atomic E-state index is 11.8. The van der Waals surface area contributed by atoms with Crippen molar-refractivity contribution in [1.29, 1.82) is 0 Å². The van der Waals surface area contributed by atoms with Gasteiger partial charge in [-0.25, -0.2) is 4.98 Å². The van der Waals surface area contributed by atoms with Crippen molar-refractivity contribution in [2.45, 2.75) is 26.2 Å². The van der Waals surface area contributed by atoms with Gasteiger partial charge in [0, 0.05) is 31.4 Å². The first kappa shape index (κ1) is 18.0. The number of aliphatic carboxylic acids is 1. The molecule has 128 valence electrons. The molecule has 1 heterocycles. The number of halogens is 1. The minimum atomic E-state index is -0.872. The van der Waals surface area contributed by atoms with Crippen LogP contribution in [0.2, 0.25) is 5.02 Å². The second-order valence-electron chi connectivity index (χ2n) is 5.61. The first-order chi connectivity index (χ1) is 11.5. The number of hydrogen-bond donors (Lipinski definition) is 2. The smallest absolute Gasteiger partial charge is 0.303 e. The molecule has 0 saturated carbocycles. The molecule has 24 heavy (non-hydrogen) atoms. The van der Waals surface area contributed by atoms with Gasteiger partial charge in [0.25, 0.3) is 0 Å². The Morgan fingerprint density at radius 2 is 2.12 bits per heavy atom. The van der Waals surface area contributed by atoms with Crippen molar-refractivity contribution in [1.82, 2.24) is 10.3 Å². The lowest BCUT2D eigenvalue weighted by Gasteiger charge is -2.09. The van der Waals surface area contributed by atoms with Crippen LogP contribution in [0.1, 0.15) is 25.7 Å². The molecule has 7 heteroatoms. The van der Waals surface area contributed by atoms with Crippen LogP contribution in [-0.4, -0.2) is 28.5 Å². The molecule has 0 saturated heterocycles. The number of carboxylic acid groups (broad SMARTS) is 1. The summed E-state index contributed by atoms with van der Waals surface area (Å²) < 4.78 is 5.63. The average molecular weight is 351 g/mol. The van der Waals surface area contributed by atoms with Gasteiger partial charge in [-0.1, -0.05) is 30.7 Å². The molecule has 6 nitrogen and oxygen atoms in total. The number of aromatic nitrogens is 1. The molecule has 0 fully saturated rings. The molecule has 0 radical (unpaired) electrons. The van der Waals surface area contributed by atoms with Gasteiger partial charge in [0.05, 0.1) is 11.2 Å². The Bertz CT molecular complexity index is 714. The van der Waals surface area contributed by atoms with E-state index in [9.17, 15) is 9.59 Å². The standard InChI is InChI=1S/C17H19ClN2O4/c1-11(8-17(22)23)9-19-15(21)6-7-16-20-10-14(24-16)12-4-2-3-5-13(12)18/h2-5,10-11H,6-9H2,1H3,(H,19,21)(H,22,23). The van der Waals surface area contributed by atoms with Crippen LogP contribution >= 0.6 is 11.6 Å². The summed E-state index contributed by atoms with van der Waals surface area (Å²) in [5.41, 5.74) is 0.755. The highest BCUT2D eigenvalue weighted by Crippen LogP contribution is 2.28. The number of carbonyl (C=O) groups is 2. The van der Waals surface area contributed by atoms with Crippen molar-refractivity contribution in [3.8, 4) is 11.3 Å². The first-order valence-corrected chi connectivity index (χ1v) is 8.01. The SMILES string of the molecule is CC(CNC(=O)CCc1ncc(-c2ccccc2Cl)o1)CC(=O)O. The van der Waals surface area contributed by atoms with E-state index in [1.165, 1.54) is 0 Å². The average Bonchev–Trinajstić information content (AvgIpc) is 2.99. The van der Waals surface area contributed by atoms with Crippen molar-refractivity contribution >= 4 is 23.5 Å². The number of rotatable bonds is 8. The molecule has 1 aromatic heterocycles. The van der Waals surface area contributed by atoms with E-state index in [1.54, 1.807) is 19.2 Å². The minimum absolute atomic E-state index is 0.0290. The van der Waals surface area contributed by atoms with Gasteiger partial charge in [-0.2, -0.15) is 0 Å². The summed E-state index contributed by atoms with van der Waals surface area (Å²) in [5.74, 6) is -0.127. The molecule has 0 spiro atoms. The van der Waals surface area contributed by atoms with Gasteiger partial charge in [0.15, 0.2) is 11.7 Å². The van der Waals surface area contributed by atoms with Crippen LogP contribution in [0.5, 0.6) is 0 Å². The number of hydrogen-bond acceptors (Lipinski definition) is 4. The van der Waals surface area contributed by atoms with Gasteiger partial charge < -0.3 is 14.8 Å². The summed E-state index contributed by atoms with van der Waals surface area (Å²) >= 11 is 6.11. The van der Waals surface area contributed by atoms with E-state index in [4.69, 9.17) is 21.1 Å². The van der Waals surface area contributed by atoms with Crippen molar-refractivity contribution in [3.05, 3.63) is 41.4 Å². The Morgan fingerprint density at radius 1 is 1.38 bits per heavy atom. The van der Waals surface area contributed by atoms with E-state index >= 15 is 0 Å². The van der Waals surface area contributed by atoms with Gasteiger partial charge in [-0.3, -0.25) is 9.59 Å². The fourth-order valence-electron chi connectivity index (χ4n) is 2.18. The van der Waals surface area contributed by atoms with Crippen molar-refractivity contribution in [2.24, 2.45) is 5.92 Å². The second kappa shape index (κ2) is 8.49. The quantitative estimate of drug-likeness (QED) is 0.762. The zero-order valence-corrected chi connectivity index (χ0v) is 14.0. The zero-order chi connectivity index (χ0) is 17.5. The molecule has 2 rings (SSSR count). The summed E-state index contributed by atoms with van der Waals surface area (Å²) in [7, 11) is 0. The number of oxazole rings is 1.